The number of anilines is 5. The van der Waals surface area contributed by atoms with Crippen LogP contribution in [0, 0.1) is 17.6 Å². The molecular weight excluding hydrogens is 781 g/mol. The van der Waals surface area contributed by atoms with Crippen LogP contribution in [-0.4, -0.2) is 106 Å². The molecule has 62 heavy (non-hydrogen) atoms. The van der Waals surface area contributed by atoms with Crippen LogP contribution >= 0.6 is 0 Å². The molecule has 9 rings (SSSR count). The Balaban J connectivity index is 0.925. The Hall–Kier alpha value is -4.61. The highest BCUT2D eigenvalue weighted by Gasteiger charge is 2.45. The van der Waals surface area contributed by atoms with Gasteiger partial charge in [-0.3, -0.25) is 0 Å². The van der Waals surface area contributed by atoms with Crippen LogP contribution in [0.1, 0.15) is 93.6 Å². The van der Waals surface area contributed by atoms with Crippen LogP contribution < -0.4 is 24.9 Å². The van der Waals surface area contributed by atoms with Crippen LogP contribution in [0.4, 0.5) is 37.3 Å². The van der Waals surface area contributed by atoms with Crippen LogP contribution in [0.5, 0.6) is 5.75 Å². The molecule has 11 heteroatoms. The minimum Gasteiger partial charge on any atom is -0.506 e. The average Bonchev–Trinajstić information content (AvgIpc) is 3.73. The Morgan fingerprint density at radius 3 is 2.39 bits per heavy atom. The molecule has 4 aromatic rings. The number of rotatable bonds is 13. The second kappa shape index (κ2) is 19.4. The zero-order valence-electron chi connectivity index (χ0n) is 36.9. The lowest BCUT2D eigenvalue weighted by atomic mass is 9.83. The molecule has 1 aromatic heterocycles. The third-order valence-electron chi connectivity index (χ3n) is 14.9. The molecule has 4 aliphatic heterocycles. The molecule has 332 valence electrons. The van der Waals surface area contributed by atoms with Crippen molar-refractivity contribution < 1.29 is 18.6 Å². The Labute approximate surface area is 368 Å². The third kappa shape index (κ3) is 9.79. The van der Waals surface area contributed by atoms with Gasteiger partial charge in [0.15, 0.2) is 0 Å². The van der Waals surface area contributed by atoms with E-state index < -0.39 is 0 Å². The quantitative estimate of drug-likeness (QED) is 0.128. The molecule has 1 aliphatic carbocycles. The van der Waals surface area contributed by atoms with Crippen molar-refractivity contribution in [3.8, 4) is 5.75 Å². The second-order valence-electron chi connectivity index (χ2n) is 19.0. The molecule has 0 radical (unpaired) electrons. The van der Waals surface area contributed by atoms with Crippen LogP contribution in [0.15, 0.2) is 79.0 Å². The molecule has 1 unspecified atom stereocenters. The Morgan fingerprint density at radius 2 is 1.56 bits per heavy atom. The van der Waals surface area contributed by atoms with Crippen LogP contribution in [0.25, 0.3) is 0 Å². The van der Waals surface area contributed by atoms with Crippen LogP contribution in [0.2, 0.25) is 0 Å². The minimum atomic E-state index is -0.244. The second-order valence-corrected chi connectivity index (χ2v) is 19.0. The number of fused-ring (bicyclic) bond motifs is 1. The van der Waals surface area contributed by atoms with Gasteiger partial charge in [0.2, 0.25) is 0 Å². The van der Waals surface area contributed by atoms with Crippen molar-refractivity contribution in [3.05, 3.63) is 102 Å². The van der Waals surface area contributed by atoms with Gasteiger partial charge in [0.05, 0.1) is 24.4 Å². The SMILES string of the molecule is COCCN(C)CC1CCN(c2ccnc(N3CC[C@@H]4[C@H]3CC(c3cc(F)cc(N5CCC[C@@H](Nc6cc(C7CCCCC7)ccc6O)C5)c3)CN4c3cccc(F)c3)c2)CC1. The summed E-state index contributed by atoms with van der Waals surface area (Å²) in [6.07, 6.45) is 14.3. The molecule has 2 N–H and O–H groups in total. The number of ether oxygens (including phenoxy) is 1. The molecular formula is C51H67F2N7O2. The lowest BCUT2D eigenvalue weighted by Crippen LogP contribution is -2.52. The van der Waals surface area contributed by atoms with Gasteiger partial charge in [0.25, 0.3) is 0 Å². The number of hydrogen-bond donors (Lipinski definition) is 2. The first kappa shape index (κ1) is 42.7. The fourth-order valence-electron chi connectivity index (χ4n) is 11.5. The predicted molar refractivity (Wildman–Crippen MR) is 248 cm³/mol. The van der Waals surface area contributed by atoms with Gasteiger partial charge in [-0.25, -0.2) is 13.8 Å². The summed E-state index contributed by atoms with van der Waals surface area (Å²) < 4.78 is 36.1. The number of pyridine rings is 1. The number of phenols is 1. The fraction of sp³-hybridized carbons (Fsp3) is 0.549. The van der Waals surface area contributed by atoms with E-state index in [4.69, 9.17) is 9.72 Å². The molecule has 4 atom stereocenters. The van der Waals surface area contributed by atoms with E-state index in [1.807, 2.05) is 18.3 Å². The predicted octanol–water partition coefficient (Wildman–Crippen LogP) is 9.63. The third-order valence-corrected chi connectivity index (χ3v) is 14.9. The van der Waals surface area contributed by atoms with Crippen molar-refractivity contribution in [2.75, 3.05) is 98.0 Å². The molecule has 1 saturated carbocycles. The number of likely N-dealkylation sites (N-methyl/N-ethyl adjacent to an activating group) is 1. The summed E-state index contributed by atoms with van der Waals surface area (Å²) in [7, 11) is 3.95. The first-order valence-electron chi connectivity index (χ1n) is 23.6. The molecule has 4 saturated heterocycles. The number of benzene rings is 3. The Kier molecular flexibility index (Phi) is 13.4. The zero-order chi connectivity index (χ0) is 42.6. The van der Waals surface area contributed by atoms with Crippen molar-refractivity contribution in [1.82, 2.24) is 9.88 Å². The number of nitrogens with one attached hydrogen (secondary N) is 1. The maximum atomic E-state index is 15.9. The number of methoxy groups -OCH3 is 1. The van der Waals surface area contributed by atoms with Gasteiger partial charge >= 0.3 is 0 Å². The smallest absolute Gasteiger partial charge is 0.138 e. The molecule has 0 spiro atoms. The first-order valence-corrected chi connectivity index (χ1v) is 23.6. The van der Waals surface area contributed by atoms with E-state index in [9.17, 15) is 9.50 Å². The van der Waals surface area contributed by atoms with Crippen molar-refractivity contribution in [3.63, 3.8) is 0 Å². The number of nitrogens with zero attached hydrogens (tertiary/aromatic N) is 6. The van der Waals surface area contributed by atoms with Gasteiger partial charge in [-0.1, -0.05) is 31.4 Å². The number of halogens is 2. The van der Waals surface area contributed by atoms with Gasteiger partial charge in [-0.15, -0.1) is 0 Å². The maximum absolute atomic E-state index is 15.9. The molecule has 0 bridgehead atoms. The lowest BCUT2D eigenvalue weighted by molar-refractivity contribution is 0.148. The number of hydrogen-bond acceptors (Lipinski definition) is 9. The average molecular weight is 848 g/mol. The summed E-state index contributed by atoms with van der Waals surface area (Å²) in [5.74, 6) is 2.06. The highest BCUT2D eigenvalue weighted by Crippen LogP contribution is 2.43. The molecule has 0 amide bonds. The summed E-state index contributed by atoms with van der Waals surface area (Å²) in [6, 6.07) is 23.6. The number of aromatic hydroxyl groups is 1. The normalized spacial score (nSPS) is 23.9. The maximum Gasteiger partial charge on any atom is 0.138 e. The summed E-state index contributed by atoms with van der Waals surface area (Å²) in [5.41, 5.74) is 6.09. The molecule has 3 aromatic carbocycles. The number of piperidine rings is 3. The highest BCUT2D eigenvalue weighted by atomic mass is 19.1. The summed E-state index contributed by atoms with van der Waals surface area (Å²) in [6.45, 7) is 7.98. The first-order chi connectivity index (χ1) is 30.3. The molecule has 5 aliphatic rings. The largest absolute Gasteiger partial charge is 0.506 e. The van der Waals surface area contributed by atoms with E-state index in [1.54, 1.807) is 31.4 Å². The summed E-state index contributed by atoms with van der Waals surface area (Å²) in [5, 5.41) is 14.6. The monoisotopic (exact) mass is 848 g/mol. The van der Waals surface area contributed by atoms with Gasteiger partial charge in [-0.2, -0.15) is 0 Å². The Bertz CT molecular complexity index is 2110. The number of aromatic nitrogens is 1. The van der Waals surface area contributed by atoms with Crippen molar-refractivity contribution in [2.45, 2.75) is 101 Å². The lowest BCUT2D eigenvalue weighted by Gasteiger charge is -2.45. The fourth-order valence-corrected chi connectivity index (χ4v) is 11.5. The van der Waals surface area contributed by atoms with E-state index in [2.05, 4.69) is 67.2 Å². The summed E-state index contributed by atoms with van der Waals surface area (Å²) in [4.78, 5) is 17.1. The highest BCUT2D eigenvalue weighted by molar-refractivity contribution is 5.61. The van der Waals surface area contributed by atoms with Crippen molar-refractivity contribution >= 4 is 28.6 Å². The minimum absolute atomic E-state index is 0.0250. The van der Waals surface area contributed by atoms with Gasteiger partial charge in [-0.05, 0) is 136 Å². The van der Waals surface area contributed by atoms with Crippen molar-refractivity contribution in [1.29, 1.82) is 0 Å². The topological polar surface area (TPSA) is 70.6 Å². The van der Waals surface area contributed by atoms with E-state index in [1.165, 1.54) is 49.4 Å². The summed E-state index contributed by atoms with van der Waals surface area (Å²) >= 11 is 0. The van der Waals surface area contributed by atoms with Crippen LogP contribution in [0.3, 0.4) is 0 Å². The molecule has 9 nitrogen and oxygen atoms in total. The van der Waals surface area contributed by atoms with Crippen molar-refractivity contribution in [2.24, 2.45) is 5.92 Å². The van der Waals surface area contributed by atoms with Gasteiger partial charge in [0, 0.05) is 101 Å². The number of phenolic OH excluding ortho intramolecular Hbond substituents is 1. The van der Waals surface area contributed by atoms with Crippen LogP contribution in [-0.2, 0) is 4.74 Å². The molecule has 5 heterocycles. The van der Waals surface area contributed by atoms with Gasteiger partial charge in [0.1, 0.15) is 23.2 Å². The van der Waals surface area contributed by atoms with Gasteiger partial charge < -0.3 is 39.7 Å². The van der Waals surface area contributed by atoms with E-state index in [0.29, 0.717) is 18.4 Å². The standard InChI is InChI=1S/C51H67F2N7O2/c1-56(24-25-62-2)33-36-16-21-57(22-17-36)44-15-19-54-51(32-44)59-23-18-48-49(59)29-40(34-60(48)45-12-6-10-41(52)30-45)39-26-42(53)31-46(27-39)58-20-7-11-43(35-58)55-47-28-38(13-14-50(47)61)37-8-4-3-5-9-37/h6,10,12-15,19,26-28,30-32,36-37,40,43,48-49,55,61H,3-5,7-9,11,16-18,20-25,29,33-35H2,1-2H3/t40?,43-,48-,49-/m1/s1. The van der Waals surface area contributed by atoms with E-state index >= 15 is 4.39 Å². The van der Waals surface area contributed by atoms with E-state index in [-0.39, 0.29) is 41.4 Å². The van der Waals surface area contributed by atoms with E-state index in [0.717, 1.165) is 119 Å². The zero-order valence-corrected chi connectivity index (χ0v) is 36.9. The molecule has 5 fully saturated rings. The Morgan fingerprint density at radius 1 is 0.726 bits per heavy atom.